The summed E-state index contributed by atoms with van der Waals surface area (Å²) in [6.45, 7) is 8.56. The SMILES string of the molecule is CNC(C)c1ccccc1-c1cn(C(C)C)nc1C. The van der Waals surface area contributed by atoms with Gasteiger partial charge in [0.1, 0.15) is 0 Å². The molecule has 102 valence electrons. The molecule has 1 atom stereocenters. The molecule has 1 aromatic carbocycles. The molecule has 0 aliphatic rings. The maximum absolute atomic E-state index is 4.61. The second kappa shape index (κ2) is 5.57. The highest BCUT2D eigenvalue weighted by Gasteiger charge is 2.14. The van der Waals surface area contributed by atoms with Gasteiger partial charge in [0.2, 0.25) is 0 Å². The van der Waals surface area contributed by atoms with Gasteiger partial charge in [-0.1, -0.05) is 24.3 Å². The van der Waals surface area contributed by atoms with Crippen molar-refractivity contribution in [3.05, 3.63) is 41.7 Å². The van der Waals surface area contributed by atoms with Crippen LogP contribution >= 0.6 is 0 Å². The predicted octanol–water partition coefficient (Wildman–Crippen LogP) is 3.72. The van der Waals surface area contributed by atoms with Gasteiger partial charge in [-0.25, -0.2) is 0 Å². The topological polar surface area (TPSA) is 29.9 Å². The second-order valence-electron chi connectivity index (χ2n) is 5.30. The van der Waals surface area contributed by atoms with Crippen molar-refractivity contribution in [3.8, 4) is 11.1 Å². The van der Waals surface area contributed by atoms with Gasteiger partial charge in [0.05, 0.1) is 5.69 Å². The Morgan fingerprint density at radius 1 is 1.11 bits per heavy atom. The van der Waals surface area contributed by atoms with E-state index in [0.717, 1.165) is 5.69 Å². The molecule has 2 rings (SSSR count). The standard InChI is InChI=1S/C16H23N3/c1-11(2)19-10-16(13(4)18-19)15-9-7-6-8-14(15)12(3)17-5/h6-12,17H,1-5H3. The minimum atomic E-state index is 0.331. The van der Waals surface area contributed by atoms with E-state index < -0.39 is 0 Å². The number of nitrogens with zero attached hydrogens (tertiary/aromatic N) is 2. The molecular weight excluding hydrogens is 234 g/mol. The van der Waals surface area contributed by atoms with E-state index in [1.54, 1.807) is 0 Å². The van der Waals surface area contributed by atoms with Gasteiger partial charge in [0, 0.05) is 23.8 Å². The van der Waals surface area contributed by atoms with E-state index in [0.29, 0.717) is 12.1 Å². The summed E-state index contributed by atoms with van der Waals surface area (Å²) in [4.78, 5) is 0. The Kier molecular flexibility index (Phi) is 4.05. The minimum Gasteiger partial charge on any atom is -0.313 e. The highest BCUT2D eigenvalue weighted by Crippen LogP contribution is 2.30. The Bertz CT molecular complexity index is 555. The van der Waals surface area contributed by atoms with E-state index in [1.807, 2.05) is 11.7 Å². The molecule has 0 saturated carbocycles. The van der Waals surface area contributed by atoms with Crippen LogP contribution in [0.3, 0.4) is 0 Å². The summed E-state index contributed by atoms with van der Waals surface area (Å²) < 4.78 is 2.03. The van der Waals surface area contributed by atoms with Crippen LogP contribution in [0.2, 0.25) is 0 Å². The van der Waals surface area contributed by atoms with Gasteiger partial charge < -0.3 is 5.32 Å². The molecule has 1 unspecified atom stereocenters. The Labute approximate surface area is 115 Å². The molecule has 0 bridgehead atoms. The molecule has 1 N–H and O–H groups in total. The molecule has 1 aromatic heterocycles. The van der Waals surface area contributed by atoms with Gasteiger partial charge in [-0.3, -0.25) is 4.68 Å². The Morgan fingerprint density at radius 3 is 2.37 bits per heavy atom. The number of hydrogen-bond donors (Lipinski definition) is 1. The summed E-state index contributed by atoms with van der Waals surface area (Å²) in [5.74, 6) is 0. The van der Waals surface area contributed by atoms with Crippen molar-refractivity contribution in [1.82, 2.24) is 15.1 Å². The van der Waals surface area contributed by atoms with Crippen LogP contribution in [0.15, 0.2) is 30.5 Å². The van der Waals surface area contributed by atoms with Crippen molar-refractivity contribution < 1.29 is 0 Å². The van der Waals surface area contributed by atoms with Gasteiger partial charge in [-0.15, -0.1) is 0 Å². The monoisotopic (exact) mass is 257 g/mol. The quantitative estimate of drug-likeness (QED) is 0.904. The maximum Gasteiger partial charge on any atom is 0.0672 e. The molecule has 0 aliphatic heterocycles. The van der Waals surface area contributed by atoms with E-state index in [9.17, 15) is 0 Å². The fraction of sp³-hybridized carbons (Fsp3) is 0.438. The molecule has 0 aliphatic carbocycles. The van der Waals surface area contributed by atoms with Gasteiger partial charge in [-0.05, 0) is 45.9 Å². The number of aromatic nitrogens is 2. The van der Waals surface area contributed by atoms with Crippen molar-refractivity contribution in [1.29, 1.82) is 0 Å². The molecule has 1 heterocycles. The lowest BCUT2D eigenvalue weighted by molar-refractivity contribution is 0.529. The summed E-state index contributed by atoms with van der Waals surface area (Å²) in [5.41, 5.74) is 4.90. The fourth-order valence-corrected chi connectivity index (χ4v) is 2.29. The van der Waals surface area contributed by atoms with Gasteiger partial charge in [-0.2, -0.15) is 5.10 Å². The molecule has 0 fully saturated rings. The number of aryl methyl sites for hydroxylation is 1. The van der Waals surface area contributed by atoms with Gasteiger partial charge in [0.25, 0.3) is 0 Å². The zero-order valence-electron chi connectivity index (χ0n) is 12.4. The first-order valence-electron chi connectivity index (χ1n) is 6.87. The molecule has 0 amide bonds. The van der Waals surface area contributed by atoms with Crippen molar-refractivity contribution in [2.45, 2.75) is 39.8 Å². The van der Waals surface area contributed by atoms with Crippen molar-refractivity contribution in [2.24, 2.45) is 0 Å². The zero-order chi connectivity index (χ0) is 14.0. The average Bonchev–Trinajstić information content (AvgIpc) is 2.80. The Morgan fingerprint density at radius 2 is 1.79 bits per heavy atom. The molecule has 0 spiro atoms. The number of benzene rings is 1. The Hall–Kier alpha value is -1.61. The second-order valence-corrected chi connectivity index (χ2v) is 5.30. The lowest BCUT2D eigenvalue weighted by Crippen LogP contribution is -2.13. The van der Waals surface area contributed by atoms with Crippen LogP contribution in [0.4, 0.5) is 0 Å². The molecule has 3 heteroatoms. The van der Waals surface area contributed by atoms with Gasteiger partial charge in [0.15, 0.2) is 0 Å². The molecule has 2 aromatic rings. The summed E-state index contributed by atoms with van der Waals surface area (Å²) >= 11 is 0. The van der Waals surface area contributed by atoms with Crippen LogP contribution in [-0.4, -0.2) is 16.8 Å². The molecule has 3 nitrogen and oxygen atoms in total. The zero-order valence-corrected chi connectivity index (χ0v) is 12.4. The lowest BCUT2D eigenvalue weighted by atomic mass is 9.96. The smallest absolute Gasteiger partial charge is 0.0672 e. The van der Waals surface area contributed by atoms with Crippen LogP contribution in [0.5, 0.6) is 0 Å². The fourth-order valence-electron chi connectivity index (χ4n) is 2.29. The minimum absolute atomic E-state index is 0.331. The Balaban J connectivity index is 2.53. The summed E-state index contributed by atoms with van der Waals surface area (Å²) in [5, 5.41) is 7.92. The first-order valence-corrected chi connectivity index (χ1v) is 6.87. The van der Waals surface area contributed by atoms with Crippen molar-refractivity contribution >= 4 is 0 Å². The van der Waals surface area contributed by atoms with Crippen LogP contribution in [-0.2, 0) is 0 Å². The van der Waals surface area contributed by atoms with E-state index in [1.165, 1.54) is 16.7 Å². The predicted molar refractivity (Wildman–Crippen MR) is 80.3 cm³/mol. The molecule has 0 radical (unpaired) electrons. The maximum atomic E-state index is 4.61. The normalized spacial score (nSPS) is 12.9. The summed E-state index contributed by atoms with van der Waals surface area (Å²) in [7, 11) is 1.99. The third-order valence-corrected chi connectivity index (χ3v) is 3.60. The third-order valence-electron chi connectivity index (χ3n) is 3.60. The van der Waals surface area contributed by atoms with E-state index in [-0.39, 0.29) is 0 Å². The van der Waals surface area contributed by atoms with E-state index >= 15 is 0 Å². The molecular formula is C16H23N3. The van der Waals surface area contributed by atoms with Crippen LogP contribution in [0.1, 0.15) is 44.1 Å². The summed E-state index contributed by atoms with van der Waals surface area (Å²) in [6.07, 6.45) is 2.15. The first kappa shape index (κ1) is 13.8. The number of hydrogen-bond acceptors (Lipinski definition) is 2. The van der Waals surface area contributed by atoms with E-state index in [4.69, 9.17) is 0 Å². The van der Waals surface area contributed by atoms with Crippen molar-refractivity contribution in [3.63, 3.8) is 0 Å². The van der Waals surface area contributed by atoms with E-state index in [2.05, 4.69) is 68.6 Å². The highest BCUT2D eigenvalue weighted by atomic mass is 15.3. The average molecular weight is 257 g/mol. The largest absolute Gasteiger partial charge is 0.313 e. The van der Waals surface area contributed by atoms with Crippen molar-refractivity contribution in [2.75, 3.05) is 7.05 Å². The van der Waals surface area contributed by atoms with Crippen LogP contribution in [0.25, 0.3) is 11.1 Å². The first-order chi connectivity index (χ1) is 9.04. The number of rotatable bonds is 4. The molecule has 0 saturated heterocycles. The number of nitrogens with one attached hydrogen (secondary N) is 1. The van der Waals surface area contributed by atoms with Gasteiger partial charge >= 0.3 is 0 Å². The van der Waals surface area contributed by atoms with Crippen LogP contribution in [0, 0.1) is 6.92 Å². The summed E-state index contributed by atoms with van der Waals surface area (Å²) in [6, 6.07) is 9.27. The molecule has 19 heavy (non-hydrogen) atoms. The lowest BCUT2D eigenvalue weighted by Gasteiger charge is -2.15. The van der Waals surface area contributed by atoms with Crippen LogP contribution < -0.4 is 5.32 Å². The third kappa shape index (κ3) is 2.71. The highest BCUT2D eigenvalue weighted by molar-refractivity contribution is 5.69.